The first-order valence-corrected chi connectivity index (χ1v) is 12.3. The van der Waals surface area contributed by atoms with Gasteiger partial charge in [-0.05, 0) is 62.6 Å². The Morgan fingerprint density at radius 3 is 2.48 bits per heavy atom. The second-order valence-electron chi connectivity index (χ2n) is 8.04. The molecule has 6 nitrogen and oxygen atoms in total. The van der Waals surface area contributed by atoms with E-state index in [1.165, 1.54) is 12.1 Å². The van der Waals surface area contributed by atoms with Gasteiger partial charge >= 0.3 is 0 Å². The molecule has 0 spiro atoms. The van der Waals surface area contributed by atoms with Gasteiger partial charge < -0.3 is 9.88 Å². The van der Waals surface area contributed by atoms with Crippen molar-refractivity contribution in [1.82, 2.24) is 19.2 Å². The van der Waals surface area contributed by atoms with Crippen LogP contribution in [0.3, 0.4) is 0 Å². The van der Waals surface area contributed by atoms with Crippen molar-refractivity contribution >= 4 is 21.1 Å². The number of aryl methyl sites for hydroxylation is 1. The van der Waals surface area contributed by atoms with Gasteiger partial charge in [0.05, 0.1) is 22.5 Å². The van der Waals surface area contributed by atoms with E-state index in [2.05, 4.69) is 9.88 Å². The van der Waals surface area contributed by atoms with E-state index in [0.717, 1.165) is 42.7 Å². The number of aromatic nitrogens is 2. The SMILES string of the molecule is CCn1c(CNC(C)c2ccc(F)cc2)nc2cc(S(=O)(=O)N3CCCCC3)ccc21. The summed E-state index contributed by atoms with van der Waals surface area (Å²) in [6.45, 7) is 6.49. The number of benzene rings is 2. The lowest BCUT2D eigenvalue weighted by atomic mass is 10.1. The first-order chi connectivity index (χ1) is 14.9. The Labute approximate surface area is 183 Å². The zero-order valence-corrected chi connectivity index (χ0v) is 18.8. The molecule has 1 unspecified atom stereocenters. The summed E-state index contributed by atoms with van der Waals surface area (Å²) >= 11 is 0. The van der Waals surface area contributed by atoms with Crippen LogP contribution in [0.5, 0.6) is 0 Å². The van der Waals surface area contributed by atoms with Crippen molar-refractivity contribution in [2.45, 2.75) is 57.1 Å². The summed E-state index contributed by atoms with van der Waals surface area (Å²) in [4.78, 5) is 5.05. The number of piperidine rings is 1. The fourth-order valence-electron chi connectivity index (χ4n) is 4.18. The van der Waals surface area contributed by atoms with Gasteiger partial charge in [0.1, 0.15) is 11.6 Å². The van der Waals surface area contributed by atoms with Crippen LogP contribution in [0.2, 0.25) is 0 Å². The van der Waals surface area contributed by atoms with Gasteiger partial charge in [-0.3, -0.25) is 0 Å². The van der Waals surface area contributed by atoms with Crippen molar-refractivity contribution in [3.63, 3.8) is 0 Å². The highest BCUT2D eigenvalue weighted by atomic mass is 32.2. The number of imidazole rings is 1. The van der Waals surface area contributed by atoms with E-state index in [1.807, 2.05) is 19.9 Å². The first kappa shape index (κ1) is 21.9. The summed E-state index contributed by atoms with van der Waals surface area (Å²) in [5, 5.41) is 3.43. The standard InChI is InChI=1S/C23H29FN4O2S/c1-3-28-22-12-11-20(31(29,30)27-13-5-4-6-14-27)15-21(22)26-23(28)16-25-17(2)18-7-9-19(24)10-8-18/h7-12,15,17,25H,3-6,13-14,16H2,1-2H3. The molecule has 0 aliphatic carbocycles. The van der Waals surface area contributed by atoms with Gasteiger partial charge in [-0.2, -0.15) is 4.31 Å². The average Bonchev–Trinajstić information content (AvgIpc) is 3.15. The van der Waals surface area contributed by atoms with E-state index in [9.17, 15) is 12.8 Å². The molecular weight excluding hydrogens is 415 g/mol. The molecule has 4 rings (SSSR count). The summed E-state index contributed by atoms with van der Waals surface area (Å²) in [5.41, 5.74) is 2.60. The second-order valence-corrected chi connectivity index (χ2v) is 9.98. The molecule has 3 aromatic rings. The van der Waals surface area contributed by atoms with Crippen molar-refractivity contribution in [3.05, 3.63) is 59.7 Å². The molecule has 1 atom stereocenters. The molecule has 1 aromatic heterocycles. The van der Waals surface area contributed by atoms with Gasteiger partial charge in [-0.25, -0.2) is 17.8 Å². The molecule has 0 amide bonds. The molecule has 2 aromatic carbocycles. The lowest BCUT2D eigenvalue weighted by Gasteiger charge is -2.25. The lowest BCUT2D eigenvalue weighted by Crippen LogP contribution is -2.35. The van der Waals surface area contributed by atoms with Crippen LogP contribution in [0.25, 0.3) is 11.0 Å². The zero-order chi connectivity index (χ0) is 22.0. The molecule has 0 radical (unpaired) electrons. The summed E-state index contributed by atoms with van der Waals surface area (Å²) < 4.78 is 42.9. The molecule has 1 saturated heterocycles. The maximum absolute atomic E-state index is 13.2. The van der Waals surface area contributed by atoms with Gasteiger partial charge in [0, 0.05) is 25.7 Å². The summed E-state index contributed by atoms with van der Waals surface area (Å²) in [7, 11) is -3.49. The highest BCUT2D eigenvalue weighted by Crippen LogP contribution is 2.25. The van der Waals surface area contributed by atoms with Gasteiger partial charge in [0.25, 0.3) is 0 Å². The number of hydrogen-bond donors (Lipinski definition) is 1. The van der Waals surface area contributed by atoms with Crippen molar-refractivity contribution < 1.29 is 12.8 Å². The molecule has 31 heavy (non-hydrogen) atoms. The van der Waals surface area contributed by atoms with Crippen LogP contribution in [0.15, 0.2) is 47.4 Å². The van der Waals surface area contributed by atoms with E-state index in [-0.39, 0.29) is 11.9 Å². The highest BCUT2D eigenvalue weighted by molar-refractivity contribution is 7.89. The van der Waals surface area contributed by atoms with Crippen LogP contribution >= 0.6 is 0 Å². The Balaban J connectivity index is 1.57. The Kier molecular flexibility index (Phi) is 6.41. The van der Waals surface area contributed by atoms with Crippen LogP contribution in [0.1, 0.15) is 50.5 Å². The fraction of sp³-hybridized carbons (Fsp3) is 0.435. The first-order valence-electron chi connectivity index (χ1n) is 10.9. The van der Waals surface area contributed by atoms with Gasteiger partial charge in [0.2, 0.25) is 10.0 Å². The predicted octanol–water partition coefficient (Wildman–Crippen LogP) is 4.22. The number of sulfonamides is 1. The van der Waals surface area contributed by atoms with E-state index in [1.54, 1.807) is 28.6 Å². The minimum Gasteiger partial charge on any atom is -0.327 e. The predicted molar refractivity (Wildman–Crippen MR) is 120 cm³/mol. The molecule has 1 fully saturated rings. The van der Waals surface area contributed by atoms with Gasteiger partial charge in [0.15, 0.2) is 0 Å². The van der Waals surface area contributed by atoms with Crippen molar-refractivity contribution in [1.29, 1.82) is 0 Å². The quantitative estimate of drug-likeness (QED) is 0.593. The molecule has 166 valence electrons. The highest BCUT2D eigenvalue weighted by Gasteiger charge is 2.26. The third-order valence-electron chi connectivity index (χ3n) is 6.00. The Bertz CT molecular complexity index is 1150. The monoisotopic (exact) mass is 444 g/mol. The van der Waals surface area contributed by atoms with E-state index in [0.29, 0.717) is 30.0 Å². The van der Waals surface area contributed by atoms with Crippen molar-refractivity contribution in [3.8, 4) is 0 Å². The third-order valence-corrected chi connectivity index (χ3v) is 7.90. The van der Waals surface area contributed by atoms with Crippen LogP contribution < -0.4 is 5.32 Å². The van der Waals surface area contributed by atoms with E-state index < -0.39 is 10.0 Å². The molecule has 1 aliphatic rings. The molecule has 2 heterocycles. The number of nitrogens with zero attached hydrogens (tertiary/aromatic N) is 3. The second kappa shape index (κ2) is 9.06. The van der Waals surface area contributed by atoms with Crippen molar-refractivity contribution in [2.75, 3.05) is 13.1 Å². The minimum absolute atomic E-state index is 0.0285. The largest absolute Gasteiger partial charge is 0.327 e. The van der Waals surface area contributed by atoms with E-state index in [4.69, 9.17) is 4.98 Å². The van der Waals surface area contributed by atoms with Crippen molar-refractivity contribution in [2.24, 2.45) is 0 Å². The third kappa shape index (κ3) is 4.51. The fourth-order valence-corrected chi connectivity index (χ4v) is 5.71. The number of hydrogen-bond acceptors (Lipinski definition) is 4. The number of fused-ring (bicyclic) bond motifs is 1. The maximum atomic E-state index is 13.2. The van der Waals surface area contributed by atoms with Crippen LogP contribution in [0, 0.1) is 5.82 Å². The average molecular weight is 445 g/mol. The molecule has 1 N–H and O–H groups in total. The maximum Gasteiger partial charge on any atom is 0.243 e. The normalized spacial score (nSPS) is 16.6. The van der Waals surface area contributed by atoms with Crippen LogP contribution in [0.4, 0.5) is 4.39 Å². The lowest BCUT2D eigenvalue weighted by molar-refractivity contribution is 0.346. The number of halogens is 1. The summed E-state index contributed by atoms with van der Waals surface area (Å²) in [6, 6.07) is 11.7. The topological polar surface area (TPSA) is 67.2 Å². The molecule has 0 bridgehead atoms. The van der Waals surface area contributed by atoms with Gasteiger partial charge in [-0.1, -0.05) is 18.6 Å². The number of nitrogens with one attached hydrogen (secondary N) is 1. The Morgan fingerprint density at radius 2 is 1.81 bits per heavy atom. The van der Waals surface area contributed by atoms with Gasteiger partial charge in [-0.15, -0.1) is 0 Å². The Hall–Kier alpha value is -2.29. The Morgan fingerprint density at radius 1 is 1.10 bits per heavy atom. The molecule has 1 aliphatic heterocycles. The molecule has 0 saturated carbocycles. The zero-order valence-electron chi connectivity index (χ0n) is 18.0. The van der Waals surface area contributed by atoms with E-state index >= 15 is 0 Å². The summed E-state index contributed by atoms with van der Waals surface area (Å²) in [5.74, 6) is 0.595. The molecule has 8 heteroatoms. The smallest absolute Gasteiger partial charge is 0.243 e. The van der Waals surface area contributed by atoms with Crippen LogP contribution in [-0.2, 0) is 23.1 Å². The van der Waals surface area contributed by atoms with Crippen LogP contribution in [-0.4, -0.2) is 35.4 Å². The minimum atomic E-state index is -3.49. The number of rotatable bonds is 7. The summed E-state index contributed by atoms with van der Waals surface area (Å²) in [6.07, 6.45) is 2.90. The molecular formula is C23H29FN4O2S.